The van der Waals surface area contributed by atoms with Crippen LogP contribution in [0.5, 0.6) is 0 Å². The second-order valence-corrected chi connectivity index (χ2v) is 5.49. The van der Waals surface area contributed by atoms with Crippen molar-refractivity contribution in [2.75, 3.05) is 0 Å². The summed E-state index contributed by atoms with van der Waals surface area (Å²) in [5.74, 6) is 0. The van der Waals surface area contributed by atoms with E-state index in [0.29, 0.717) is 19.7 Å². The minimum atomic E-state index is -0.259. The van der Waals surface area contributed by atoms with E-state index in [2.05, 4.69) is 24.8 Å². The van der Waals surface area contributed by atoms with Gasteiger partial charge in [-0.1, -0.05) is 54.6 Å². The summed E-state index contributed by atoms with van der Waals surface area (Å²) in [7, 11) is 0. The third-order valence-electron chi connectivity index (χ3n) is 3.84. The second-order valence-electron chi connectivity index (χ2n) is 5.49. The predicted octanol–water partition coefficient (Wildman–Crippen LogP) is 4.07. The Kier molecular flexibility index (Phi) is 4.24. The fourth-order valence-corrected chi connectivity index (χ4v) is 2.68. The third kappa shape index (κ3) is 3.19. The predicted molar refractivity (Wildman–Crippen MR) is 86.2 cm³/mol. The zero-order valence-corrected chi connectivity index (χ0v) is 12.5. The number of rotatable bonds is 4. The van der Waals surface area contributed by atoms with Crippen LogP contribution >= 0.6 is 0 Å². The highest BCUT2D eigenvalue weighted by Crippen LogP contribution is 2.25. The van der Waals surface area contributed by atoms with Gasteiger partial charge in [-0.3, -0.25) is 4.90 Å². The molecule has 2 aromatic rings. The molecule has 0 saturated heterocycles. The lowest BCUT2D eigenvalue weighted by Gasteiger charge is -2.15. The first-order valence-electron chi connectivity index (χ1n) is 7.43. The Bertz CT molecular complexity index is 679. The average molecular weight is 293 g/mol. The zero-order valence-electron chi connectivity index (χ0n) is 12.5. The minimum Gasteiger partial charge on any atom is -0.445 e. The molecule has 0 bridgehead atoms. The van der Waals surface area contributed by atoms with Gasteiger partial charge in [-0.05, 0) is 28.7 Å². The van der Waals surface area contributed by atoms with Crippen molar-refractivity contribution < 1.29 is 9.53 Å². The summed E-state index contributed by atoms with van der Waals surface area (Å²) < 4.78 is 5.39. The van der Waals surface area contributed by atoms with Crippen molar-refractivity contribution in [3.63, 3.8) is 0 Å². The number of amides is 1. The molecule has 2 aromatic carbocycles. The van der Waals surface area contributed by atoms with Crippen molar-refractivity contribution in [2.45, 2.75) is 26.1 Å². The molecule has 0 radical (unpaired) electrons. The van der Waals surface area contributed by atoms with Crippen molar-refractivity contribution in [2.24, 2.45) is 0 Å². The van der Waals surface area contributed by atoms with Crippen LogP contribution in [0.1, 0.15) is 22.3 Å². The number of carbonyl (C=O) groups excluding carboxylic acids is 1. The van der Waals surface area contributed by atoms with Gasteiger partial charge in [-0.25, -0.2) is 4.79 Å². The first kappa shape index (κ1) is 14.4. The summed E-state index contributed by atoms with van der Waals surface area (Å²) in [6.45, 7) is 5.32. The summed E-state index contributed by atoms with van der Waals surface area (Å²) >= 11 is 0. The lowest BCUT2D eigenvalue weighted by Crippen LogP contribution is -2.25. The Balaban J connectivity index is 1.60. The highest BCUT2D eigenvalue weighted by atomic mass is 16.6. The van der Waals surface area contributed by atoms with Gasteiger partial charge >= 0.3 is 6.09 Å². The van der Waals surface area contributed by atoms with E-state index in [9.17, 15) is 4.79 Å². The van der Waals surface area contributed by atoms with E-state index in [1.807, 2.05) is 36.4 Å². The summed E-state index contributed by atoms with van der Waals surface area (Å²) in [5.41, 5.74) is 4.63. The molecule has 0 fully saturated rings. The Morgan fingerprint density at radius 1 is 1.09 bits per heavy atom. The van der Waals surface area contributed by atoms with Gasteiger partial charge in [-0.15, -0.1) is 6.58 Å². The highest BCUT2D eigenvalue weighted by molar-refractivity contribution is 5.69. The molecule has 1 heterocycles. The topological polar surface area (TPSA) is 29.5 Å². The molecular weight excluding hydrogens is 274 g/mol. The molecule has 1 aliphatic rings. The molecule has 22 heavy (non-hydrogen) atoms. The number of carbonyl (C=O) groups is 1. The van der Waals surface area contributed by atoms with E-state index in [-0.39, 0.29) is 6.09 Å². The van der Waals surface area contributed by atoms with Gasteiger partial charge in [0.2, 0.25) is 0 Å². The van der Waals surface area contributed by atoms with Crippen LogP contribution in [-0.2, 0) is 30.9 Å². The van der Waals surface area contributed by atoms with E-state index >= 15 is 0 Å². The van der Waals surface area contributed by atoms with Crippen LogP contribution in [0, 0.1) is 0 Å². The van der Waals surface area contributed by atoms with E-state index in [1.165, 1.54) is 16.7 Å². The van der Waals surface area contributed by atoms with Crippen LogP contribution in [-0.4, -0.2) is 11.0 Å². The molecule has 3 heteroatoms. The van der Waals surface area contributed by atoms with Gasteiger partial charge in [0.1, 0.15) is 6.61 Å². The molecule has 0 atom stereocenters. The van der Waals surface area contributed by atoms with Gasteiger partial charge < -0.3 is 4.74 Å². The lowest BCUT2D eigenvalue weighted by molar-refractivity contribution is 0.0955. The maximum Gasteiger partial charge on any atom is 0.410 e. The summed E-state index contributed by atoms with van der Waals surface area (Å²) in [6, 6.07) is 16.1. The minimum absolute atomic E-state index is 0.259. The van der Waals surface area contributed by atoms with Gasteiger partial charge in [0.05, 0.1) is 0 Å². The fraction of sp³-hybridized carbons (Fsp3) is 0.211. The number of nitrogens with zero attached hydrogens (tertiary/aromatic N) is 1. The SMILES string of the molecule is C=CCc1ccc2c(c1)CN(C(=O)OCc1ccccc1)C2. The number of fused-ring (bicyclic) bond motifs is 1. The maximum atomic E-state index is 12.2. The molecule has 0 aromatic heterocycles. The van der Waals surface area contributed by atoms with Crippen LogP contribution in [0.3, 0.4) is 0 Å². The molecule has 0 N–H and O–H groups in total. The quantitative estimate of drug-likeness (QED) is 0.795. The second kappa shape index (κ2) is 6.48. The number of allylic oxidation sites excluding steroid dienone is 1. The Morgan fingerprint density at radius 3 is 2.64 bits per heavy atom. The third-order valence-corrected chi connectivity index (χ3v) is 3.84. The lowest BCUT2D eigenvalue weighted by atomic mass is 10.0. The van der Waals surface area contributed by atoms with E-state index in [4.69, 9.17) is 4.74 Å². The number of hydrogen-bond donors (Lipinski definition) is 0. The van der Waals surface area contributed by atoms with Crippen LogP contribution in [0.2, 0.25) is 0 Å². The molecule has 3 rings (SSSR count). The van der Waals surface area contributed by atoms with Gasteiger partial charge in [0.15, 0.2) is 0 Å². The number of ether oxygens (including phenoxy) is 1. The molecule has 3 nitrogen and oxygen atoms in total. The van der Waals surface area contributed by atoms with Gasteiger partial charge in [0, 0.05) is 13.1 Å². The molecule has 0 spiro atoms. The Morgan fingerprint density at radius 2 is 1.86 bits per heavy atom. The van der Waals surface area contributed by atoms with Crippen LogP contribution in [0.15, 0.2) is 61.2 Å². The van der Waals surface area contributed by atoms with Crippen molar-refractivity contribution >= 4 is 6.09 Å². The van der Waals surface area contributed by atoms with E-state index in [0.717, 1.165) is 12.0 Å². The normalized spacial score (nSPS) is 12.8. The first-order valence-corrected chi connectivity index (χ1v) is 7.43. The van der Waals surface area contributed by atoms with Crippen molar-refractivity contribution in [3.8, 4) is 0 Å². The van der Waals surface area contributed by atoms with Crippen molar-refractivity contribution in [1.82, 2.24) is 4.90 Å². The highest BCUT2D eigenvalue weighted by Gasteiger charge is 2.24. The molecule has 0 saturated carbocycles. The molecule has 1 amide bonds. The molecule has 0 unspecified atom stereocenters. The summed E-state index contributed by atoms with van der Waals surface area (Å²) in [5, 5.41) is 0. The fourth-order valence-electron chi connectivity index (χ4n) is 2.68. The summed E-state index contributed by atoms with van der Waals surface area (Å²) in [4.78, 5) is 13.9. The first-order chi connectivity index (χ1) is 10.8. The number of hydrogen-bond acceptors (Lipinski definition) is 2. The zero-order chi connectivity index (χ0) is 15.4. The standard InChI is InChI=1S/C19H19NO2/c1-2-6-15-9-10-17-12-20(13-18(17)11-15)19(21)22-14-16-7-4-3-5-8-16/h2-5,7-11H,1,6,12-14H2. The molecule has 0 aliphatic carbocycles. The molecule has 1 aliphatic heterocycles. The Labute approximate surface area is 130 Å². The smallest absolute Gasteiger partial charge is 0.410 e. The monoisotopic (exact) mass is 293 g/mol. The van der Waals surface area contributed by atoms with Gasteiger partial charge in [0.25, 0.3) is 0 Å². The van der Waals surface area contributed by atoms with Crippen LogP contribution < -0.4 is 0 Å². The average Bonchev–Trinajstić information content (AvgIpc) is 2.97. The van der Waals surface area contributed by atoms with Gasteiger partial charge in [-0.2, -0.15) is 0 Å². The molecular formula is C19H19NO2. The van der Waals surface area contributed by atoms with Crippen LogP contribution in [0.25, 0.3) is 0 Å². The molecule has 112 valence electrons. The largest absolute Gasteiger partial charge is 0.445 e. The van der Waals surface area contributed by atoms with E-state index < -0.39 is 0 Å². The maximum absolute atomic E-state index is 12.2. The Hall–Kier alpha value is -2.55. The van der Waals surface area contributed by atoms with Crippen molar-refractivity contribution in [3.05, 3.63) is 83.4 Å². The number of benzene rings is 2. The van der Waals surface area contributed by atoms with E-state index in [1.54, 1.807) is 4.90 Å². The van der Waals surface area contributed by atoms with Crippen molar-refractivity contribution in [1.29, 1.82) is 0 Å². The van der Waals surface area contributed by atoms with Crippen LogP contribution in [0.4, 0.5) is 4.79 Å². The summed E-state index contributed by atoms with van der Waals surface area (Å²) in [6.07, 6.45) is 2.49.